The number of nitrogens with zero attached hydrogens (tertiary/aromatic N) is 1. The summed E-state index contributed by atoms with van der Waals surface area (Å²) in [4.78, 5) is 14.9. The minimum absolute atomic E-state index is 0.240. The highest BCUT2D eigenvalue weighted by atomic mass is 16.5. The number of ether oxygens (including phenoxy) is 1. The van der Waals surface area contributed by atoms with Gasteiger partial charge in [0.05, 0.1) is 25.5 Å². The lowest BCUT2D eigenvalue weighted by molar-refractivity contribution is -0.139. The predicted octanol–water partition coefficient (Wildman–Crippen LogP) is 1.59. The minimum Gasteiger partial charge on any atom is -0.468 e. The van der Waals surface area contributed by atoms with Crippen LogP contribution in [0.1, 0.15) is 19.5 Å². The summed E-state index contributed by atoms with van der Waals surface area (Å²) in [6.45, 7) is 7.62. The Morgan fingerprint density at radius 3 is 2.61 bits per heavy atom. The van der Waals surface area contributed by atoms with E-state index in [1.807, 2.05) is 32.9 Å². The molecule has 18 heavy (non-hydrogen) atoms. The maximum atomic E-state index is 10.8. The number of aromatic nitrogens is 1. The summed E-state index contributed by atoms with van der Waals surface area (Å²) in [5, 5.41) is 6.15. The monoisotopic (exact) mass is 253 g/mol. The second-order valence-electron chi connectivity index (χ2n) is 3.37. The van der Waals surface area contributed by atoms with Gasteiger partial charge in [0.25, 0.3) is 0 Å². The Morgan fingerprint density at radius 2 is 2.06 bits per heavy atom. The number of rotatable bonds is 6. The van der Waals surface area contributed by atoms with Crippen molar-refractivity contribution in [3.05, 3.63) is 24.0 Å². The fourth-order valence-corrected chi connectivity index (χ4v) is 1.13. The maximum absolute atomic E-state index is 10.8. The van der Waals surface area contributed by atoms with Gasteiger partial charge in [-0.05, 0) is 19.1 Å². The largest absolute Gasteiger partial charge is 0.468 e. The highest BCUT2D eigenvalue weighted by Gasteiger charge is 1.97. The van der Waals surface area contributed by atoms with Crippen LogP contribution in [-0.2, 0) is 9.53 Å². The fourth-order valence-electron chi connectivity index (χ4n) is 1.13. The van der Waals surface area contributed by atoms with Crippen LogP contribution in [0, 0.1) is 6.92 Å². The van der Waals surface area contributed by atoms with Gasteiger partial charge in [-0.25, -0.2) is 0 Å². The summed E-state index contributed by atoms with van der Waals surface area (Å²) in [6.07, 6.45) is 1.79. The molecule has 0 saturated heterocycles. The topological polar surface area (TPSA) is 63.2 Å². The van der Waals surface area contributed by atoms with Crippen LogP contribution in [0.3, 0.4) is 0 Å². The SMILES string of the molecule is CC.COC(=O)CNCCNc1ccc(C)nc1. The number of nitrogens with one attached hydrogen (secondary N) is 2. The zero-order valence-electron chi connectivity index (χ0n) is 11.6. The lowest BCUT2D eigenvalue weighted by atomic mass is 10.3. The van der Waals surface area contributed by atoms with E-state index < -0.39 is 0 Å². The van der Waals surface area contributed by atoms with Gasteiger partial charge >= 0.3 is 5.97 Å². The molecule has 0 saturated carbocycles. The molecule has 0 atom stereocenters. The van der Waals surface area contributed by atoms with E-state index in [9.17, 15) is 4.79 Å². The smallest absolute Gasteiger partial charge is 0.319 e. The Morgan fingerprint density at radius 1 is 1.33 bits per heavy atom. The lowest BCUT2D eigenvalue weighted by Crippen LogP contribution is -2.28. The van der Waals surface area contributed by atoms with Crippen molar-refractivity contribution in [3.8, 4) is 0 Å². The van der Waals surface area contributed by atoms with Crippen LogP contribution in [0.25, 0.3) is 0 Å². The normalized spacial score (nSPS) is 9.11. The van der Waals surface area contributed by atoms with Gasteiger partial charge in [-0.1, -0.05) is 13.8 Å². The molecule has 1 aromatic rings. The van der Waals surface area contributed by atoms with Crippen LogP contribution < -0.4 is 10.6 Å². The van der Waals surface area contributed by atoms with Crippen LogP contribution in [0.15, 0.2) is 18.3 Å². The van der Waals surface area contributed by atoms with E-state index in [1.165, 1.54) is 7.11 Å². The van der Waals surface area contributed by atoms with Crippen molar-refractivity contribution in [1.82, 2.24) is 10.3 Å². The summed E-state index contributed by atoms with van der Waals surface area (Å²) < 4.78 is 4.50. The highest BCUT2D eigenvalue weighted by Crippen LogP contribution is 2.03. The van der Waals surface area contributed by atoms with Gasteiger partial charge in [0.15, 0.2) is 0 Å². The summed E-state index contributed by atoms with van der Waals surface area (Å²) in [7, 11) is 1.38. The average Bonchev–Trinajstić information content (AvgIpc) is 2.42. The Balaban J connectivity index is 0.00000137. The van der Waals surface area contributed by atoms with Crippen LogP contribution >= 0.6 is 0 Å². The van der Waals surface area contributed by atoms with E-state index in [1.54, 1.807) is 6.20 Å². The van der Waals surface area contributed by atoms with Crippen molar-refractivity contribution in [2.24, 2.45) is 0 Å². The molecule has 5 nitrogen and oxygen atoms in total. The van der Waals surface area contributed by atoms with Gasteiger partial charge in [-0.15, -0.1) is 0 Å². The minimum atomic E-state index is -0.253. The van der Waals surface area contributed by atoms with Gasteiger partial charge in [0, 0.05) is 18.8 Å². The second kappa shape index (κ2) is 10.5. The first-order valence-electron chi connectivity index (χ1n) is 6.16. The number of carbonyl (C=O) groups is 1. The van der Waals surface area contributed by atoms with Crippen molar-refractivity contribution < 1.29 is 9.53 Å². The summed E-state index contributed by atoms with van der Waals surface area (Å²) in [6, 6.07) is 3.92. The number of methoxy groups -OCH3 is 1. The number of carbonyl (C=O) groups excluding carboxylic acids is 1. The predicted molar refractivity (Wildman–Crippen MR) is 73.7 cm³/mol. The zero-order chi connectivity index (χ0) is 13.8. The fraction of sp³-hybridized carbons (Fsp3) is 0.538. The molecule has 1 rings (SSSR count). The quantitative estimate of drug-likeness (QED) is 0.595. The third-order valence-electron chi connectivity index (χ3n) is 2.04. The molecule has 2 N–H and O–H groups in total. The van der Waals surface area contributed by atoms with Crippen molar-refractivity contribution in [3.63, 3.8) is 0 Å². The first-order valence-corrected chi connectivity index (χ1v) is 6.16. The van der Waals surface area contributed by atoms with E-state index in [4.69, 9.17) is 0 Å². The molecule has 0 aliphatic carbocycles. The molecule has 0 aromatic carbocycles. The standard InChI is InChI=1S/C11H17N3O2.C2H6/c1-9-3-4-10(7-14-9)13-6-5-12-8-11(15)16-2;1-2/h3-4,7,12-13H,5-6,8H2,1-2H3;1-2H3. The molecule has 0 fully saturated rings. The number of esters is 1. The van der Waals surface area contributed by atoms with Gasteiger partial charge in [-0.3, -0.25) is 9.78 Å². The van der Waals surface area contributed by atoms with Crippen LogP contribution in [0.5, 0.6) is 0 Å². The van der Waals surface area contributed by atoms with Crippen molar-refractivity contribution in [2.75, 3.05) is 32.1 Å². The van der Waals surface area contributed by atoms with E-state index in [2.05, 4.69) is 20.4 Å². The third kappa shape index (κ3) is 7.62. The third-order valence-corrected chi connectivity index (χ3v) is 2.04. The molecule has 102 valence electrons. The summed E-state index contributed by atoms with van der Waals surface area (Å²) in [5.74, 6) is -0.253. The molecule has 0 aliphatic rings. The Labute approximate surface area is 109 Å². The number of anilines is 1. The Kier molecular flexibility index (Phi) is 9.58. The van der Waals surface area contributed by atoms with Crippen molar-refractivity contribution in [1.29, 1.82) is 0 Å². The second-order valence-corrected chi connectivity index (χ2v) is 3.37. The molecule has 0 aliphatic heterocycles. The van der Waals surface area contributed by atoms with Crippen molar-refractivity contribution in [2.45, 2.75) is 20.8 Å². The summed E-state index contributed by atoms with van der Waals surface area (Å²) in [5.41, 5.74) is 1.97. The Bertz CT molecular complexity index is 326. The molecule has 5 heteroatoms. The number of pyridine rings is 1. The zero-order valence-corrected chi connectivity index (χ0v) is 11.6. The molecule has 0 spiro atoms. The van der Waals surface area contributed by atoms with E-state index in [-0.39, 0.29) is 12.5 Å². The molecule has 1 heterocycles. The van der Waals surface area contributed by atoms with Gasteiger partial charge in [0.1, 0.15) is 0 Å². The van der Waals surface area contributed by atoms with Gasteiger partial charge < -0.3 is 15.4 Å². The van der Waals surface area contributed by atoms with Crippen LogP contribution in [0.2, 0.25) is 0 Å². The maximum Gasteiger partial charge on any atom is 0.319 e. The van der Waals surface area contributed by atoms with Gasteiger partial charge in [0.2, 0.25) is 0 Å². The van der Waals surface area contributed by atoms with Crippen LogP contribution in [0.4, 0.5) is 5.69 Å². The molecule has 0 unspecified atom stereocenters. The van der Waals surface area contributed by atoms with E-state index in [0.29, 0.717) is 6.54 Å². The summed E-state index contributed by atoms with van der Waals surface area (Å²) >= 11 is 0. The van der Waals surface area contributed by atoms with Crippen LogP contribution in [-0.4, -0.2) is 37.7 Å². The molecular weight excluding hydrogens is 230 g/mol. The highest BCUT2D eigenvalue weighted by molar-refractivity contribution is 5.71. The number of hydrogen-bond donors (Lipinski definition) is 2. The van der Waals surface area contributed by atoms with E-state index >= 15 is 0 Å². The molecule has 0 radical (unpaired) electrons. The van der Waals surface area contributed by atoms with Gasteiger partial charge in [-0.2, -0.15) is 0 Å². The molecular formula is C13H23N3O2. The Hall–Kier alpha value is -1.62. The first kappa shape index (κ1) is 16.4. The lowest BCUT2D eigenvalue weighted by Gasteiger charge is -2.06. The van der Waals surface area contributed by atoms with Crippen molar-refractivity contribution >= 4 is 11.7 Å². The average molecular weight is 253 g/mol. The first-order chi connectivity index (χ1) is 8.72. The number of hydrogen-bond acceptors (Lipinski definition) is 5. The van der Waals surface area contributed by atoms with E-state index in [0.717, 1.165) is 17.9 Å². The molecule has 0 amide bonds. The number of aryl methyl sites for hydroxylation is 1. The molecule has 1 aromatic heterocycles. The molecule has 0 bridgehead atoms.